The molecule has 2 aromatic rings. The normalized spacial score (nSPS) is 15.4. The van der Waals surface area contributed by atoms with Gasteiger partial charge in [-0.2, -0.15) is 0 Å². The van der Waals surface area contributed by atoms with Crippen molar-refractivity contribution < 1.29 is 0 Å². The lowest BCUT2D eigenvalue weighted by Crippen LogP contribution is -1.95. The SMILES string of the molecule is CC1=NCc2c([nH]c3ccccc23)S1. The molecule has 1 N–H and O–H groups in total. The third-order valence-corrected chi connectivity index (χ3v) is 3.46. The Morgan fingerprint density at radius 2 is 2.21 bits per heavy atom. The Bertz CT molecular complexity index is 525. The van der Waals surface area contributed by atoms with Crippen molar-refractivity contribution in [2.24, 2.45) is 4.99 Å². The molecule has 1 aliphatic heterocycles. The van der Waals surface area contributed by atoms with E-state index in [1.54, 1.807) is 11.8 Å². The Labute approximate surface area is 86.4 Å². The summed E-state index contributed by atoms with van der Waals surface area (Å²) in [6.45, 7) is 2.87. The number of aromatic amines is 1. The molecule has 0 aliphatic carbocycles. The third kappa shape index (κ3) is 1.09. The lowest BCUT2D eigenvalue weighted by atomic mass is 10.2. The lowest BCUT2D eigenvalue weighted by Gasteiger charge is -2.07. The van der Waals surface area contributed by atoms with Gasteiger partial charge in [0.05, 0.1) is 16.6 Å². The van der Waals surface area contributed by atoms with E-state index in [0.717, 1.165) is 11.6 Å². The van der Waals surface area contributed by atoms with Crippen LogP contribution in [0.1, 0.15) is 12.5 Å². The average molecular weight is 202 g/mol. The van der Waals surface area contributed by atoms with E-state index >= 15 is 0 Å². The van der Waals surface area contributed by atoms with Gasteiger partial charge < -0.3 is 4.98 Å². The number of benzene rings is 1. The topological polar surface area (TPSA) is 28.1 Å². The van der Waals surface area contributed by atoms with Crippen LogP contribution in [-0.2, 0) is 6.54 Å². The second kappa shape index (κ2) is 2.89. The van der Waals surface area contributed by atoms with Gasteiger partial charge in [0.1, 0.15) is 0 Å². The van der Waals surface area contributed by atoms with Crippen molar-refractivity contribution in [1.29, 1.82) is 0 Å². The van der Waals surface area contributed by atoms with Gasteiger partial charge in [-0.15, -0.1) is 0 Å². The Morgan fingerprint density at radius 3 is 3.14 bits per heavy atom. The number of H-pyrrole nitrogens is 1. The number of thioether (sulfide) groups is 1. The largest absolute Gasteiger partial charge is 0.349 e. The van der Waals surface area contributed by atoms with E-state index in [0.29, 0.717) is 0 Å². The van der Waals surface area contributed by atoms with Gasteiger partial charge in [-0.25, -0.2) is 0 Å². The standard InChI is InChI=1S/C11H10N2S/c1-7-12-6-9-8-4-2-3-5-10(8)13-11(9)14-7/h2-5,13H,6H2,1H3. The van der Waals surface area contributed by atoms with E-state index in [4.69, 9.17) is 0 Å². The molecule has 0 atom stereocenters. The molecule has 1 aromatic carbocycles. The number of hydrogen-bond donors (Lipinski definition) is 1. The molecule has 2 heterocycles. The van der Waals surface area contributed by atoms with Crippen LogP contribution in [0.5, 0.6) is 0 Å². The third-order valence-electron chi connectivity index (χ3n) is 2.48. The van der Waals surface area contributed by atoms with Crippen LogP contribution in [0.15, 0.2) is 34.3 Å². The fraction of sp³-hybridized carbons (Fsp3) is 0.182. The van der Waals surface area contributed by atoms with Crippen molar-refractivity contribution in [2.45, 2.75) is 18.5 Å². The van der Waals surface area contributed by atoms with Crippen molar-refractivity contribution in [2.75, 3.05) is 0 Å². The van der Waals surface area contributed by atoms with Crippen LogP contribution in [-0.4, -0.2) is 10.0 Å². The van der Waals surface area contributed by atoms with Crippen LogP contribution in [0.2, 0.25) is 0 Å². The van der Waals surface area contributed by atoms with E-state index in [2.05, 4.69) is 41.2 Å². The summed E-state index contributed by atoms with van der Waals surface area (Å²) >= 11 is 1.73. The highest BCUT2D eigenvalue weighted by molar-refractivity contribution is 8.13. The number of fused-ring (bicyclic) bond motifs is 3. The molecule has 14 heavy (non-hydrogen) atoms. The van der Waals surface area contributed by atoms with Crippen molar-refractivity contribution >= 4 is 27.7 Å². The van der Waals surface area contributed by atoms with Crippen LogP contribution in [0.3, 0.4) is 0 Å². The van der Waals surface area contributed by atoms with Crippen molar-refractivity contribution in [3.05, 3.63) is 29.8 Å². The molecular formula is C11H10N2S. The van der Waals surface area contributed by atoms with Gasteiger partial charge in [-0.1, -0.05) is 30.0 Å². The van der Waals surface area contributed by atoms with Gasteiger partial charge in [-0.05, 0) is 13.0 Å². The maximum atomic E-state index is 4.45. The van der Waals surface area contributed by atoms with Gasteiger partial charge in [0, 0.05) is 16.5 Å². The fourth-order valence-electron chi connectivity index (χ4n) is 1.79. The predicted molar refractivity (Wildman–Crippen MR) is 61.0 cm³/mol. The van der Waals surface area contributed by atoms with E-state index in [-0.39, 0.29) is 0 Å². The quantitative estimate of drug-likeness (QED) is 0.698. The molecule has 0 radical (unpaired) electrons. The van der Waals surface area contributed by atoms with Gasteiger partial charge >= 0.3 is 0 Å². The Balaban J connectivity index is 2.28. The summed E-state index contributed by atoms with van der Waals surface area (Å²) in [7, 11) is 0. The highest BCUT2D eigenvalue weighted by atomic mass is 32.2. The summed E-state index contributed by atoms with van der Waals surface area (Å²) in [6.07, 6.45) is 0. The first-order valence-electron chi connectivity index (χ1n) is 4.63. The zero-order valence-electron chi connectivity index (χ0n) is 7.87. The molecule has 3 heteroatoms. The number of aromatic nitrogens is 1. The monoisotopic (exact) mass is 202 g/mol. The molecule has 0 saturated carbocycles. The fourth-order valence-corrected chi connectivity index (χ4v) is 2.67. The second-order valence-electron chi connectivity index (χ2n) is 3.42. The Kier molecular flexibility index (Phi) is 1.67. The molecule has 70 valence electrons. The van der Waals surface area contributed by atoms with E-state index in [9.17, 15) is 0 Å². The predicted octanol–water partition coefficient (Wildman–Crippen LogP) is 3.19. The van der Waals surface area contributed by atoms with Crippen molar-refractivity contribution in [3.63, 3.8) is 0 Å². The van der Waals surface area contributed by atoms with E-state index in [1.165, 1.54) is 21.5 Å². The Morgan fingerprint density at radius 1 is 1.36 bits per heavy atom. The smallest absolute Gasteiger partial charge is 0.0843 e. The molecule has 0 bridgehead atoms. The molecule has 0 fully saturated rings. The van der Waals surface area contributed by atoms with Crippen molar-refractivity contribution in [3.8, 4) is 0 Å². The lowest BCUT2D eigenvalue weighted by molar-refractivity contribution is 1.01. The number of rotatable bonds is 0. The average Bonchev–Trinajstić information content (AvgIpc) is 2.54. The first-order chi connectivity index (χ1) is 6.84. The molecule has 1 aromatic heterocycles. The number of aliphatic imine (C=N–C) groups is 1. The summed E-state index contributed by atoms with van der Waals surface area (Å²) in [5.41, 5.74) is 2.56. The van der Waals surface area contributed by atoms with Crippen LogP contribution < -0.4 is 0 Å². The minimum atomic E-state index is 0.818. The minimum absolute atomic E-state index is 0.818. The summed E-state index contributed by atoms with van der Waals surface area (Å²) in [5.74, 6) is 0. The van der Waals surface area contributed by atoms with Gasteiger partial charge in [-0.3, -0.25) is 4.99 Å². The summed E-state index contributed by atoms with van der Waals surface area (Å²) in [4.78, 5) is 7.88. The summed E-state index contributed by atoms with van der Waals surface area (Å²) < 4.78 is 0. The number of nitrogens with zero attached hydrogens (tertiary/aromatic N) is 1. The van der Waals surface area contributed by atoms with Gasteiger partial charge in [0.15, 0.2) is 0 Å². The molecule has 3 rings (SSSR count). The highest BCUT2D eigenvalue weighted by Crippen LogP contribution is 2.34. The first kappa shape index (κ1) is 8.12. The molecule has 2 nitrogen and oxygen atoms in total. The van der Waals surface area contributed by atoms with Crippen LogP contribution in [0.4, 0.5) is 0 Å². The van der Waals surface area contributed by atoms with Crippen LogP contribution in [0.25, 0.3) is 10.9 Å². The molecular weight excluding hydrogens is 192 g/mol. The molecule has 1 aliphatic rings. The number of para-hydroxylation sites is 1. The molecule has 0 saturated heterocycles. The molecule has 0 amide bonds. The minimum Gasteiger partial charge on any atom is -0.349 e. The molecule has 0 unspecified atom stereocenters. The zero-order valence-corrected chi connectivity index (χ0v) is 8.69. The van der Waals surface area contributed by atoms with E-state index < -0.39 is 0 Å². The van der Waals surface area contributed by atoms with Crippen LogP contribution in [0, 0.1) is 0 Å². The maximum absolute atomic E-state index is 4.45. The Hall–Kier alpha value is -1.22. The highest BCUT2D eigenvalue weighted by Gasteiger charge is 2.15. The maximum Gasteiger partial charge on any atom is 0.0843 e. The summed E-state index contributed by atoms with van der Waals surface area (Å²) in [5, 5.41) is 3.72. The summed E-state index contributed by atoms with van der Waals surface area (Å²) in [6, 6.07) is 8.40. The van der Waals surface area contributed by atoms with Gasteiger partial charge in [0.25, 0.3) is 0 Å². The van der Waals surface area contributed by atoms with E-state index in [1.807, 2.05) is 0 Å². The molecule has 0 spiro atoms. The van der Waals surface area contributed by atoms with Crippen LogP contribution >= 0.6 is 11.8 Å². The second-order valence-corrected chi connectivity index (χ2v) is 4.62. The number of hydrogen-bond acceptors (Lipinski definition) is 2. The van der Waals surface area contributed by atoms with Gasteiger partial charge in [0.2, 0.25) is 0 Å². The van der Waals surface area contributed by atoms with Crippen molar-refractivity contribution in [1.82, 2.24) is 4.98 Å². The number of nitrogens with one attached hydrogen (secondary N) is 1. The first-order valence-corrected chi connectivity index (χ1v) is 5.45. The zero-order chi connectivity index (χ0) is 9.54.